The van der Waals surface area contributed by atoms with Crippen molar-refractivity contribution in [2.45, 2.75) is 39.5 Å². The summed E-state index contributed by atoms with van der Waals surface area (Å²) in [7, 11) is 0. The minimum Gasteiger partial charge on any atom is -0.378 e. The van der Waals surface area contributed by atoms with Crippen molar-refractivity contribution in [3.05, 3.63) is 11.4 Å². The molecule has 0 aromatic carbocycles. The molecule has 1 saturated heterocycles. The number of aromatic nitrogens is 2. The van der Waals surface area contributed by atoms with Crippen LogP contribution in [-0.4, -0.2) is 48.0 Å². The normalized spacial score (nSPS) is 19.4. The summed E-state index contributed by atoms with van der Waals surface area (Å²) in [5.74, 6) is 0.816. The number of hydrogen-bond acceptors (Lipinski definition) is 6. The number of rotatable bonds is 3. The Morgan fingerprint density at radius 1 is 1.12 bits per heavy atom. The van der Waals surface area contributed by atoms with Crippen molar-refractivity contribution in [3.63, 3.8) is 0 Å². The minimum atomic E-state index is -0.0968. The highest BCUT2D eigenvalue weighted by molar-refractivity contribution is 5.95. The Hall–Kier alpha value is -2.02. The van der Waals surface area contributed by atoms with E-state index < -0.39 is 0 Å². The third-order valence-corrected chi connectivity index (χ3v) is 4.72. The van der Waals surface area contributed by atoms with Gasteiger partial charge >= 0.3 is 0 Å². The van der Waals surface area contributed by atoms with E-state index in [2.05, 4.69) is 20.2 Å². The first kappa shape index (κ1) is 16.8. The molecule has 1 aromatic heterocycles. The van der Waals surface area contributed by atoms with Gasteiger partial charge in [-0.1, -0.05) is 0 Å². The van der Waals surface area contributed by atoms with Crippen LogP contribution in [0.4, 0.5) is 11.6 Å². The number of Topliss-reactive ketones (excluding diaryl/α,β-unsaturated/α-hetero) is 1. The molecule has 0 spiro atoms. The van der Waals surface area contributed by atoms with Crippen molar-refractivity contribution in [3.8, 4) is 0 Å². The van der Waals surface area contributed by atoms with Crippen LogP contribution < -0.4 is 10.2 Å². The van der Waals surface area contributed by atoms with Crippen LogP contribution in [0.25, 0.3) is 0 Å². The molecule has 2 fully saturated rings. The smallest absolute Gasteiger partial charge is 0.227 e. The number of ketones is 1. The van der Waals surface area contributed by atoms with E-state index >= 15 is 0 Å². The summed E-state index contributed by atoms with van der Waals surface area (Å²) in [5, 5.41) is 2.97. The van der Waals surface area contributed by atoms with Gasteiger partial charge in [-0.2, -0.15) is 0 Å². The highest BCUT2D eigenvalue weighted by Crippen LogP contribution is 2.26. The summed E-state index contributed by atoms with van der Waals surface area (Å²) in [6, 6.07) is 0. The number of amides is 1. The highest BCUT2D eigenvalue weighted by Gasteiger charge is 2.26. The van der Waals surface area contributed by atoms with E-state index in [1.165, 1.54) is 0 Å². The van der Waals surface area contributed by atoms with Gasteiger partial charge in [-0.15, -0.1) is 0 Å². The molecular formula is C17H24N4O3. The SMILES string of the molecule is Cc1nc(N2CCOCC2)nc(C)c1NC(=O)C1CCC(=O)CC1. The molecule has 1 N–H and O–H groups in total. The number of aryl methyl sites for hydroxylation is 2. The topological polar surface area (TPSA) is 84.4 Å². The number of hydrogen-bond donors (Lipinski definition) is 1. The second-order valence-electron chi connectivity index (χ2n) is 6.47. The van der Waals surface area contributed by atoms with Crippen molar-refractivity contribution in [1.82, 2.24) is 9.97 Å². The zero-order chi connectivity index (χ0) is 17.1. The second kappa shape index (κ2) is 7.25. The lowest BCUT2D eigenvalue weighted by atomic mass is 9.88. The lowest BCUT2D eigenvalue weighted by Gasteiger charge is -2.28. The molecule has 0 radical (unpaired) electrons. The Morgan fingerprint density at radius 3 is 2.29 bits per heavy atom. The van der Waals surface area contributed by atoms with E-state index in [1.807, 2.05) is 13.8 Å². The fourth-order valence-corrected chi connectivity index (χ4v) is 3.21. The molecule has 24 heavy (non-hydrogen) atoms. The molecule has 1 aliphatic carbocycles. The van der Waals surface area contributed by atoms with Crippen LogP contribution in [0, 0.1) is 19.8 Å². The number of carbonyl (C=O) groups is 2. The van der Waals surface area contributed by atoms with Gasteiger partial charge < -0.3 is 15.0 Å². The van der Waals surface area contributed by atoms with Crippen LogP contribution in [-0.2, 0) is 14.3 Å². The molecular weight excluding hydrogens is 308 g/mol. The number of morpholine rings is 1. The van der Waals surface area contributed by atoms with Gasteiger partial charge in [0.15, 0.2) is 0 Å². The summed E-state index contributed by atoms with van der Waals surface area (Å²) in [6.07, 6.45) is 2.27. The van der Waals surface area contributed by atoms with E-state index in [1.54, 1.807) is 0 Å². The minimum absolute atomic E-state index is 0.0311. The van der Waals surface area contributed by atoms with E-state index in [4.69, 9.17) is 4.74 Å². The first-order valence-corrected chi connectivity index (χ1v) is 8.55. The maximum atomic E-state index is 12.5. The molecule has 1 amide bonds. The molecule has 2 aliphatic rings. The molecule has 1 saturated carbocycles. The van der Waals surface area contributed by atoms with Gasteiger partial charge in [-0.25, -0.2) is 9.97 Å². The van der Waals surface area contributed by atoms with Crippen LogP contribution in [0.15, 0.2) is 0 Å². The molecule has 7 nitrogen and oxygen atoms in total. The zero-order valence-electron chi connectivity index (χ0n) is 14.3. The Kier molecular flexibility index (Phi) is 5.08. The summed E-state index contributed by atoms with van der Waals surface area (Å²) in [4.78, 5) is 35.0. The van der Waals surface area contributed by atoms with Crippen molar-refractivity contribution < 1.29 is 14.3 Å². The Balaban J connectivity index is 1.71. The largest absolute Gasteiger partial charge is 0.378 e. The Morgan fingerprint density at radius 2 is 1.71 bits per heavy atom. The molecule has 2 heterocycles. The van der Waals surface area contributed by atoms with Crippen molar-refractivity contribution in [2.75, 3.05) is 36.5 Å². The Bertz CT molecular complexity index is 608. The Labute approximate surface area is 141 Å². The van der Waals surface area contributed by atoms with Crippen molar-refractivity contribution in [2.24, 2.45) is 5.92 Å². The molecule has 0 bridgehead atoms. The van der Waals surface area contributed by atoms with Gasteiger partial charge in [0.05, 0.1) is 30.3 Å². The first-order chi connectivity index (χ1) is 11.5. The number of nitrogens with zero attached hydrogens (tertiary/aromatic N) is 3. The number of ether oxygens (including phenoxy) is 1. The third-order valence-electron chi connectivity index (χ3n) is 4.72. The zero-order valence-corrected chi connectivity index (χ0v) is 14.3. The van der Waals surface area contributed by atoms with Crippen LogP contribution >= 0.6 is 0 Å². The van der Waals surface area contributed by atoms with Crippen LogP contribution in [0.3, 0.4) is 0 Å². The molecule has 1 aliphatic heterocycles. The molecule has 7 heteroatoms. The van der Waals surface area contributed by atoms with Crippen molar-refractivity contribution in [1.29, 1.82) is 0 Å². The van der Waals surface area contributed by atoms with Crippen molar-refractivity contribution >= 4 is 23.3 Å². The summed E-state index contributed by atoms with van der Waals surface area (Å²) in [5.41, 5.74) is 2.22. The van der Waals surface area contributed by atoms with Crippen LogP contribution in [0.2, 0.25) is 0 Å². The van der Waals surface area contributed by atoms with Gasteiger partial charge in [-0.3, -0.25) is 9.59 Å². The number of carbonyl (C=O) groups excluding carboxylic acids is 2. The maximum absolute atomic E-state index is 12.5. The predicted molar refractivity (Wildman–Crippen MR) is 90.1 cm³/mol. The fourth-order valence-electron chi connectivity index (χ4n) is 3.21. The summed E-state index contributed by atoms with van der Waals surface area (Å²) in [6.45, 7) is 6.69. The van der Waals surface area contributed by atoms with Gasteiger partial charge in [0.2, 0.25) is 11.9 Å². The summed E-state index contributed by atoms with van der Waals surface area (Å²) >= 11 is 0. The quantitative estimate of drug-likeness (QED) is 0.905. The molecule has 0 atom stereocenters. The van der Waals surface area contributed by atoms with E-state index in [-0.39, 0.29) is 17.6 Å². The first-order valence-electron chi connectivity index (χ1n) is 8.55. The molecule has 0 unspecified atom stereocenters. The average molecular weight is 332 g/mol. The average Bonchev–Trinajstić information content (AvgIpc) is 2.59. The highest BCUT2D eigenvalue weighted by atomic mass is 16.5. The number of anilines is 2. The van der Waals surface area contributed by atoms with Crippen LogP contribution in [0.1, 0.15) is 37.1 Å². The molecule has 3 rings (SSSR count). The monoisotopic (exact) mass is 332 g/mol. The van der Waals surface area contributed by atoms with Gasteiger partial charge in [0.1, 0.15) is 5.78 Å². The third kappa shape index (κ3) is 3.72. The standard InChI is InChI=1S/C17H24N4O3/c1-11-15(20-16(23)13-3-5-14(22)6-4-13)12(2)19-17(18-11)21-7-9-24-10-8-21/h13H,3-10H2,1-2H3,(H,20,23). The fraction of sp³-hybridized carbons (Fsp3) is 0.647. The van der Waals surface area contributed by atoms with E-state index in [0.29, 0.717) is 50.5 Å². The van der Waals surface area contributed by atoms with Gasteiger partial charge in [-0.05, 0) is 26.7 Å². The van der Waals surface area contributed by atoms with Gasteiger partial charge in [0.25, 0.3) is 0 Å². The van der Waals surface area contributed by atoms with E-state index in [9.17, 15) is 9.59 Å². The lowest BCUT2D eigenvalue weighted by Crippen LogP contribution is -2.37. The predicted octanol–water partition coefficient (Wildman–Crippen LogP) is 1.63. The van der Waals surface area contributed by atoms with Crippen LogP contribution in [0.5, 0.6) is 0 Å². The molecule has 1 aromatic rings. The lowest BCUT2D eigenvalue weighted by molar-refractivity contribution is -0.125. The van der Waals surface area contributed by atoms with Gasteiger partial charge in [0, 0.05) is 31.8 Å². The molecule has 130 valence electrons. The van der Waals surface area contributed by atoms with E-state index in [0.717, 1.165) is 24.5 Å². The second-order valence-corrected chi connectivity index (χ2v) is 6.47. The summed E-state index contributed by atoms with van der Waals surface area (Å²) < 4.78 is 5.35. The number of nitrogens with one attached hydrogen (secondary N) is 1. The maximum Gasteiger partial charge on any atom is 0.227 e.